The molecule has 0 fully saturated rings. The van der Waals surface area contributed by atoms with Gasteiger partial charge in [-0.1, -0.05) is 43.0 Å². The predicted molar refractivity (Wildman–Crippen MR) is 81.4 cm³/mol. The summed E-state index contributed by atoms with van der Waals surface area (Å²) in [7, 11) is 0. The molecule has 0 aliphatic carbocycles. The van der Waals surface area contributed by atoms with Gasteiger partial charge in [-0.3, -0.25) is 0 Å². The topological polar surface area (TPSA) is 47.6 Å². The monoisotopic (exact) mass is 283 g/mol. The summed E-state index contributed by atoms with van der Waals surface area (Å²) in [5.41, 5.74) is 0.964. The van der Waals surface area contributed by atoms with Gasteiger partial charge in [-0.25, -0.2) is 4.79 Å². The summed E-state index contributed by atoms with van der Waals surface area (Å²) in [5, 5.41) is 2.69. The van der Waals surface area contributed by atoms with Crippen LogP contribution in [0.4, 0.5) is 4.79 Å². The minimum absolute atomic E-state index is 0.396. The summed E-state index contributed by atoms with van der Waals surface area (Å²) in [6, 6.07) is 16.4. The van der Waals surface area contributed by atoms with Gasteiger partial charge in [0.1, 0.15) is 18.1 Å². The molecule has 2 rings (SSSR count). The number of benzene rings is 2. The molecule has 0 atom stereocenters. The molecule has 2 aromatic carbocycles. The lowest BCUT2D eigenvalue weighted by Gasteiger charge is -2.07. The van der Waals surface area contributed by atoms with Crippen molar-refractivity contribution >= 4 is 6.09 Å². The Kier molecular flexibility index (Phi) is 5.41. The second kappa shape index (κ2) is 7.75. The van der Waals surface area contributed by atoms with Gasteiger partial charge in [-0.15, -0.1) is 0 Å². The largest absolute Gasteiger partial charge is 0.490 e. The number of carbonyl (C=O) groups is 1. The highest BCUT2D eigenvalue weighted by atomic mass is 16.6. The first-order chi connectivity index (χ1) is 10.3. The molecule has 4 nitrogen and oxygen atoms in total. The van der Waals surface area contributed by atoms with Crippen LogP contribution in [0.15, 0.2) is 67.3 Å². The van der Waals surface area contributed by atoms with E-state index in [9.17, 15) is 4.79 Å². The smallest absolute Gasteiger partial charge is 0.412 e. The lowest BCUT2D eigenvalue weighted by atomic mass is 10.2. The van der Waals surface area contributed by atoms with Crippen LogP contribution in [0.1, 0.15) is 5.56 Å². The van der Waals surface area contributed by atoms with Crippen LogP contribution in [0.5, 0.6) is 11.5 Å². The third kappa shape index (κ3) is 5.03. The Morgan fingerprint density at radius 1 is 1.05 bits per heavy atom. The van der Waals surface area contributed by atoms with Crippen molar-refractivity contribution in [2.75, 3.05) is 6.61 Å². The molecule has 108 valence electrons. The summed E-state index contributed by atoms with van der Waals surface area (Å²) < 4.78 is 10.5. The van der Waals surface area contributed by atoms with Crippen molar-refractivity contribution in [1.29, 1.82) is 0 Å². The number of nitrogens with one attached hydrogen (secondary N) is 1. The number of rotatable bonds is 6. The van der Waals surface area contributed by atoms with E-state index < -0.39 is 6.09 Å². The van der Waals surface area contributed by atoms with Crippen molar-refractivity contribution in [3.8, 4) is 11.5 Å². The lowest BCUT2D eigenvalue weighted by molar-refractivity contribution is 0.200. The van der Waals surface area contributed by atoms with Crippen molar-refractivity contribution in [3.05, 3.63) is 72.8 Å². The molecule has 0 saturated heterocycles. The van der Waals surface area contributed by atoms with Crippen LogP contribution in [0.25, 0.3) is 0 Å². The minimum atomic E-state index is -0.479. The maximum absolute atomic E-state index is 11.6. The molecular formula is C17H17NO3. The number of carbonyl (C=O) groups excluding carboxylic acids is 1. The average Bonchev–Trinajstić information content (AvgIpc) is 2.53. The van der Waals surface area contributed by atoms with Gasteiger partial charge >= 0.3 is 6.09 Å². The zero-order chi connectivity index (χ0) is 14.9. The van der Waals surface area contributed by atoms with E-state index in [1.54, 1.807) is 18.2 Å². The van der Waals surface area contributed by atoms with E-state index in [0.717, 1.165) is 11.3 Å². The number of para-hydroxylation sites is 1. The van der Waals surface area contributed by atoms with Crippen molar-refractivity contribution in [3.63, 3.8) is 0 Å². The highest BCUT2D eigenvalue weighted by molar-refractivity contribution is 5.70. The van der Waals surface area contributed by atoms with Gasteiger partial charge in [-0.05, 0) is 29.8 Å². The van der Waals surface area contributed by atoms with Crippen LogP contribution in [0, 0.1) is 0 Å². The fourth-order valence-corrected chi connectivity index (χ4v) is 1.66. The summed E-state index contributed by atoms with van der Waals surface area (Å²) in [6.07, 6.45) is 1.21. The number of hydrogen-bond acceptors (Lipinski definition) is 3. The molecule has 0 unspecified atom stereocenters. The van der Waals surface area contributed by atoms with E-state index >= 15 is 0 Å². The minimum Gasteiger partial charge on any atom is -0.490 e. The molecule has 1 amide bonds. The van der Waals surface area contributed by atoms with Crippen LogP contribution < -0.4 is 14.8 Å². The van der Waals surface area contributed by atoms with Gasteiger partial charge in [0.15, 0.2) is 0 Å². The van der Waals surface area contributed by atoms with Crippen molar-refractivity contribution < 1.29 is 14.3 Å². The fraction of sp³-hybridized carbons (Fsp3) is 0.118. The molecular weight excluding hydrogens is 266 g/mol. The molecule has 21 heavy (non-hydrogen) atoms. The van der Waals surface area contributed by atoms with Crippen molar-refractivity contribution in [2.45, 2.75) is 6.54 Å². The fourth-order valence-electron chi connectivity index (χ4n) is 1.66. The first-order valence-corrected chi connectivity index (χ1v) is 6.61. The number of hydrogen-bond donors (Lipinski definition) is 1. The zero-order valence-electron chi connectivity index (χ0n) is 11.6. The van der Waals surface area contributed by atoms with Crippen molar-refractivity contribution in [1.82, 2.24) is 5.32 Å². The number of ether oxygens (including phenoxy) is 2. The SMILES string of the molecule is C=CCOc1ccc(CNC(=O)Oc2ccccc2)cc1. The molecule has 0 aromatic heterocycles. The molecule has 0 heterocycles. The molecule has 1 N–H and O–H groups in total. The van der Waals surface area contributed by atoms with E-state index in [-0.39, 0.29) is 0 Å². The molecule has 0 saturated carbocycles. The lowest BCUT2D eigenvalue weighted by Crippen LogP contribution is -2.26. The van der Waals surface area contributed by atoms with E-state index in [4.69, 9.17) is 9.47 Å². The van der Waals surface area contributed by atoms with E-state index in [1.807, 2.05) is 42.5 Å². The quantitative estimate of drug-likeness (QED) is 0.825. The molecule has 0 spiro atoms. The van der Waals surface area contributed by atoms with Crippen LogP contribution in [0.3, 0.4) is 0 Å². The average molecular weight is 283 g/mol. The van der Waals surface area contributed by atoms with Gasteiger partial charge in [0, 0.05) is 6.54 Å². The first-order valence-electron chi connectivity index (χ1n) is 6.61. The predicted octanol–water partition coefficient (Wildman–Crippen LogP) is 3.54. The molecule has 0 bridgehead atoms. The Labute approximate surface area is 124 Å². The molecule has 0 radical (unpaired) electrons. The summed E-state index contributed by atoms with van der Waals surface area (Å²) in [6.45, 7) is 4.46. The summed E-state index contributed by atoms with van der Waals surface area (Å²) >= 11 is 0. The second-order valence-corrected chi connectivity index (χ2v) is 4.30. The van der Waals surface area contributed by atoms with Gasteiger partial charge < -0.3 is 14.8 Å². The van der Waals surface area contributed by atoms with E-state index in [0.29, 0.717) is 18.9 Å². The second-order valence-electron chi connectivity index (χ2n) is 4.30. The Balaban J connectivity index is 1.79. The highest BCUT2D eigenvalue weighted by Crippen LogP contribution is 2.12. The van der Waals surface area contributed by atoms with Gasteiger partial charge in [0.05, 0.1) is 0 Å². The Morgan fingerprint density at radius 2 is 1.76 bits per heavy atom. The standard InChI is InChI=1S/C17H17NO3/c1-2-12-20-15-10-8-14(9-11-15)13-18-17(19)21-16-6-4-3-5-7-16/h2-11H,1,12-13H2,(H,18,19). The van der Waals surface area contributed by atoms with Crippen LogP contribution in [-0.2, 0) is 6.54 Å². The highest BCUT2D eigenvalue weighted by Gasteiger charge is 2.03. The van der Waals surface area contributed by atoms with Crippen LogP contribution in [0.2, 0.25) is 0 Å². The molecule has 4 heteroatoms. The van der Waals surface area contributed by atoms with Gasteiger partial charge in [-0.2, -0.15) is 0 Å². The number of amides is 1. The van der Waals surface area contributed by atoms with E-state index in [1.165, 1.54) is 0 Å². The Morgan fingerprint density at radius 3 is 2.43 bits per heavy atom. The summed E-state index contributed by atoms with van der Waals surface area (Å²) in [5.74, 6) is 1.29. The molecule has 2 aromatic rings. The van der Waals surface area contributed by atoms with Crippen LogP contribution >= 0.6 is 0 Å². The molecule has 0 aliphatic heterocycles. The van der Waals surface area contributed by atoms with Gasteiger partial charge in [0.2, 0.25) is 0 Å². The normalized spacial score (nSPS) is 9.71. The first kappa shape index (κ1) is 14.7. The maximum Gasteiger partial charge on any atom is 0.412 e. The maximum atomic E-state index is 11.6. The van der Waals surface area contributed by atoms with Gasteiger partial charge in [0.25, 0.3) is 0 Å². The zero-order valence-corrected chi connectivity index (χ0v) is 11.6. The Hall–Kier alpha value is -2.75. The molecule has 0 aliphatic rings. The van der Waals surface area contributed by atoms with E-state index in [2.05, 4.69) is 11.9 Å². The third-order valence-electron chi connectivity index (χ3n) is 2.68. The van der Waals surface area contributed by atoms with Crippen LogP contribution in [-0.4, -0.2) is 12.7 Å². The van der Waals surface area contributed by atoms with Crippen molar-refractivity contribution in [2.24, 2.45) is 0 Å². The summed E-state index contributed by atoms with van der Waals surface area (Å²) in [4.78, 5) is 11.6. The Bertz CT molecular complexity index is 579. The third-order valence-corrected chi connectivity index (χ3v) is 2.68.